The van der Waals surface area contributed by atoms with Crippen molar-refractivity contribution in [2.75, 3.05) is 0 Å². The molecule has 0 aliphatic rings. The van der Waals surface area contributed by atoms with Crippen LogP contribution in [0.5, 0.6) is 0 Å². The number of unbranched alkanes of at least 4 members (excludes halogenated alkanes) is 6. The molecule has 0 amide bonds. The molecule has 23 heavy (non-hydrogen) atoms. The average Bonchev–Trinajstić information content (AvgIpc) is 2.56. The lowest BCUT2D eigenvalue weighted by Crippen LogP contribution is -2.12. The van der Waals surface area contributed by atoms with Crippen LogP contribution in [0.25, 0.3) is 0 Å². The Morgan fingerprint density at radius 1 is 0.696 bits per heavy atom. The maximum absolute atomic E-state index is 6.01. The molecule has 0 unspecified atom stereocenters. The number of rotatable bonds is 12. The summed E-state index contributed by atoms with van der Waals surface area (Å²) in [7, 11) is 0. The van der Waals surface area contributed by atoms with E-state index in [1.165, 1.54) is 86.5 Å². The van der Waals surface area contributed by atoms with Gasteiger partial charge in [0.15, 0.2) is 0 Å². The summed E-state index contributed by atoms with van der Waals surface area (Å²) in [5.74, 6) is 0. The summed E-state index contributed by atoms with van der Waals surface area (Å²) in [6.07, 6.45) is 12.9. The summed E-state index contributed by atoms with van der Waals surface area (Å²) in [4.78, 5) is 0. The molecule has 0 aliphatic carbocycles. The van der Waals surface area contributed by atoms with Crippen molar-refractivity contribution in [3.05, 3.63) is 33.9 Å². The standard InChI is InChI=1S/C21H38N2/c1-4-6-8-10-12-18-14-19(15-22)21(16-23)17(3)20(18)13-11-9-7-5-2/h14H,4-13,15-16,22-23H2,1-3H3. The topological polar surface area (TPSA) is 52.0 Å². The maximum Gasteiger partial charge on any atom is 0.0184 e. The molecular formula is C21H38N2. The predicted octanol–water partition coefficient (Wildman–Crippen LogP) is 5.16. The number of benzene rings is 1. The van der Waals surface area contributed by atoms with Crippen LogP contribution in [0.1, 0.15) is 93.0 Å². The van der Waals surface area contributed by atoms with Gasteiger partial charge < -0.3 is 11.5 Å². The Balaban J connectivity index is 2.94. The van der Waals surface area contributed by atoms with Crippen LogP contribution in [0.4, 0.5) is 0 Å². The average molecular weight is 319 g/mol. The van der Waals surface area contributed by atoms with Crippen molar-refractivity contribution in [2.45, 2.75) is 98.1 Å². The summed E-state index contributed by atoms with van der Waals surface area (Å²) in [5.41, 5.74) is 19.0. The van der Waals surface area contributed by atoms with Crippen molar-refractivity contribution in [1.29, 1.82) is 0 Å². The van der Waals surface area contributed by atoms with Crippen LogP contribution in [0.15, 0.2) is 6.07 Å². The minimum atomic E-state index is 0.603. The molecule has 1 aromatic rings. The quantitative estimate of drug-likeness (QED) is 0.523. The molecule has 1 rings (SSSR count). The fourth-order valence-corrected chi connectivity index (χ4v) is 3.56. The summed E-state index contributed by atoms with van der Waals surface area (Å²) in [6, 6.07) is 2.36. The van der Waals surface area contributed by atoms with Gasteiger partial charge in [0.2, 0.25) is 0 Å². The van der Waals surface area contributed by atoms with Crippen LogP contribution in [-0.4, -0.2) is 0 Å². The highest BCUT2D eigenvalue weighted by atomic mass is 14.6. The molecule has 0 spiro atoms. The number of hydrogen-bond donors (Lipinski definition) is 2. The molecule has 132 valence electrons. The second-order valence-electron chi connectivity index (χ2n) is 6.81. The minimum absolute atomic E-state index is 0.603. The number of aryl methyl sites for hydroxylation is 1. The molecular weight excluding hydrogens is 280 g/mol. The van der Waals surface area contributed by atoms with Crippen LogP contribution in [0.3, 0.4) is 0 Å². The third kappa shape index (κ3) is 6.27. The van der Waals surface area contributed by atoms with Gasteiger partial charge in [-0.1, -0.05) is 58.4 Å². The molecule has 4 N–H and O–H groups in total. The van der Waals surface area contributed by atoms with Gasteiger partial charge in [-0.2, -0.15) is 0 Å². The van der Waals surface area contributed by atoms with Gasteiger partial charge in [-0.05, 0) is 60.4 Å². The lowest BCUT2D eigenvalue weighted by molar-refractivity contribution is 0.648. The van der Waals surface area contributed by atoms with E-state index in [4.69, 9.17) is 11.5 Å². The van der Waals surface area contributed by atoms with E-state index in [0.29, 0.717) is 13.1 Å². The fraction of sp³-hybridized carbons (Fsp3) is 0.714. The number of hydrogen-bond acceptors (Lipinski definition) is 2. The molecule has 0 saturated heterocycles. The molecule has 0 saturated carbocycles. The summed E-state index contributed by atoms with van der Waals surface area (Å²) in [6.45, 7) is 8.01. The van der Waals surface area contributed by atoms with Gasteiger partial charge >= 0.3 is 0 Å². The van der Waals surface area contributed by atoms with E-state index in [1.54, 1.807) is 5.56 Å². The van der Waals surface area contributed by atoms with Crippen LogP contribution < -0.4 is 11.5 Å². The molecule has 1 aromatic carbocycles. The third-order valence-corrected chi connectivity index (χ3v) is 5.03. The summed E-state index contributed by atoms with van der Waals surface area (Å²) >= 11 is 0. The monoisotopic (exact) mass is 318 g/mol. The van der Waals surface area contributed by atoms with Gasteiger partial charge in [-0.3, -0.25) is 0 Å². The lowest BCUT2D eigenvalue weighted by atomic mass is 9.87. The minimum Gasteiger partial charge on any atom is -0.326 e. The van der Waals surface area contributed by atoms with Crippen LogP contribution in [0.2, 0.25) is 0 Å². The zero-order chi connectivity index (χ0) is 17.1. The Hall–Kier alpha value is -0.860. The molecule has 0 radical (unpaired) electrons. The molecule has 2 heteroatoms. The SMILES string of the molecule is CCCCCCc1cc(CN)c(CN)c(C)c1CCCCCC. The van der Waals surface area contributed by atoms with Crippen molar-refractivity contribution >= 4 is 0 Å². The van der Waals surface area contributed by atoms with E-state index in [0.717, 1.165) is 0 Å². The first-order valence-corrected chi connectivity index (χ1v) is 9.72. The van der Waals surface area contributed by atoms with Crippen molar-refractivity contribution < 1.29 is 0 Å². The van der Waals surface area contributed by atoms with Crippen molar-refractivity contribution in [2.24, 2.45) is 11.5 Å². The Morgan fingerprint density at radius 2 is 1.30 bits per heavy atom. The van der Waals surface area contributed by atoms with Gasteiger partial charge in [0.25, 0.3) is 0 Å². The Kier molecular flexibility index (Phi) is 10.2. The molecule has 0 bridgehead atoms. The second-order valence-corrected chi connectivity index (χ2v) is 6.81. The van der Waals surface area contributed by atoms with Crippen LogP contribution >= 0.6 is 0 Å². The second kappa shape index (κ2) is 11.6. The van der Waals surface area contributed by atoms with E-state index in [9.17, 15) is 0 Å². The van der Waals surface area contributed by atoms with Gasteiger partial charge in [0.1, 0.15) is 0 Å². The highest BCUT2D eigenvalue weighted by Gasteiger charge is 2.13. The lowest BCUT2D eigenvalue weighted by Gasteiger charge is -2.20. The summed E-state index contributed by atoms with van der Waals surface area (Å²) < 4.78 is 0. The van der Waals surface area contributed by atoms with Crippen molar-refractivity contribution in [3.8, 4) is 0 Å². The predicted molar refractivity (Wildman–Crippen MR) is 103 cm³/mol. The molecule has 0 aromatic heterocycles. The first-order valence-electron chi connectivity index (χ1n) is 9.72. The first kappa shape index (κ1) is 20.2. The van der Waals surface area contributed by atoms with Crippen molar-refractivity contribution in [1.82, 2.24) is 0 Å². The Morgan fingerprint density at radius 3 is 1.83 bits per heavy atom. The Bertz CT molecular complexity index is 452. The highest BCUT2D eigenvalue weighted by molar-refractivity contribution is 5.46. The molecule has 2 nitrogen and oxygen atoms in total. The highest BCUT2D eigenvalue weighted by Crippen LogP contribution is 2.26. The van der Waals surface area contributed by atoms with Gasteiger partial charge in [-0.25, -0.2) is 0 Å². The van der Waals surface area contributed by atoms with Gasteiger partial charge in [0.05, 0.1) is 0 Å². The first-order chi connectivity index (χ1) is 11.2. The third-order valence-electron chi connectivity index (χ3n) is 5.03. The molecule has 0 atom stereocenters. The maximum atomic E-state index is 6.01. The zero-order valence-corrected chi connectivity index (χ0v) is 15.7. The van der Waals surface area contributed by atoms with Crippen LogP contribution in [-0.2, 0) is 25.9 Å². The van der Waals surface area contributed by atoms with Crippen LogP contribution in [0, 0.1) is 6.92 Å². The zero-order valence-electron chi connectivity index (χ0n) is 15.7. The van der Waals surface area contributed by atoms with E-state index < -0.39 is 0 Å². The largest absolute Gasteiger partial charge is 0.326 e. The van der Waals surface area contributed by atoms with E-state index >= 15 is 0 Å². The summed E-state index contributed by atoms with van der Waals surface area (Å²) in [5, 5.41) is 0. The Labute approximate surface area is 144 Å². The van der Waals surface area contributed by atoms with Crippen molar-refractivity contribution in [3.63, 3.8) is 0 Å². The molecule has 0 aliphatic heterocycles. The van der Waals surface area contributed by atoms with E-state index in [1.807, 2.05) is 0 Å². The normalized spacial score (nSPS) is 11.2. The van der Waals surface area contributed by atoms with E-state index in [-0.39, 0.29) is 0 Å². The number of nitrogens with two attached hydrogens (primary N) is 2. The smallest absolute Gasteiger partial charge is 0.0184 e. The molecule has 0 fully saturated rings. The van der Waals surface area contributed by atoms with E-state index in [2.05, 4.69) is 26.8 Å². The fourth-order valence-electron chi connectivity index (χ4n) is 3.56. The van der Waals surface area contributed by atoms with Gasteiger partial charge in [-0.15, -0.1) is 0 Å². The molecule has 0 heterocycles. The van der Waals surface area contributed by atoms with Gasteiger partial charge in [0, 0.05) is 13.1 Å².